The van der Waals surface area contributed by atoms with Crippen molar-refractivity contribution in [2.45, 2.75) is 37.0 Å². The van der Waals surface area contributed by atoms with Crippen LogP contribution in [0, 0.1) is 17.8 Å². The normalized spacial score (nSPS) is 34.0. The van der Waals surface area contributed by atoms with Gasteiger partial charge in [-0.25, -0.2) is 4.79 Å². The zero-order valence-electron chi connectivity index (χ0n) is 10.5. The Morgan fingerprint density at radius 3 is 2.55 bits per heavy atom. The number of hydrogen-bond acceptors (Lipinski definition) is 5. The molecule has 0 aliphatic heterocycles. The van der Waals surface area contributed by atoms with Crippen molar-refractivity contribution in [1.29, 1.82) is 0 Å². The Balaban J connectivity index is 1.94. The van der Waals surface area contributed by atoms with E-state index in [2.05, 4.69) is 4.74 Å². The molecule has 2 fully saturated rings. The van der Waals surface area contributed by atoms with Crippen LogP contribution in [0.4, 0.5) is 8.78 Å². The molecular weight excluding hydrogens is 298 g/mol. The molecule has 0 spiro atoms. The molecular formula is C11H16F2O6S. The Kier molecular flexibility index (Phi) is 4.05. The van der Waals surface area contributed by atoms with Crippen molar-refractivity contribution in [3.63, 3.8) is 0 Å². The first-order valence-electron chi connectivity index (χ1n) is 6.33. The van der Waals surface area contributed by atoms with Gasteiger partial charge in [0.05, 0.1) is 12.7 Å². The molecule has 2 bridgehead atoms. The van der Waals surface area contributed by atoms with Crippen LogP contribution >= 0.6 is 0 Å². The predicted molar refractivity (Wildman–Crippen MR) is 62.4 cm³/mol. The Bertz CT molecular complexity index is 491. The molecule has 0 saturated heterocycles. The quantitative estimate of drug-likeness (QED) is 0.588. The average molecular weight is 314 g/mol. The summed E-state index contributed by atoms with van der Waals surface area (Å²) in [6.45, 7) is -0.474. The van der Waals surface area contributed by atoms with Crippen molar-refractivity contribution in [3.05, 3.63) is 0 Å². The minimum Gasteiger partial charge on any atom is -0.460 e. The van der Waals surface area contributed by atoms with Gasteiger partial charge in [-0.15, -0.1) is 0 Å². The molecule has 6 nitrogen and oxygen atoms in total. The number of carbonyl (C=O) groups is 1. The van der Waals surface area contributed by atoms with E-state index in [9.17, 15) is 27.1 Å². The molecule has 0 aromatic carbocycles. The van der Waals surface area contributed by atoms with Crippen molar-refractivity contribution >= 4 is 16.1 Å². The minimum atomic E-state index is -5.85. The van der Waals surface area contributed by atoms with Crippen LogP contribution in [0.5, 0.6) is 0 Å². The van der Waals surface area contributed by atoms with E-state index >= 15 is 0 Å². The van der Waals surface area contributed by atoms with Crippen LogP contribution in [0.15, 0.2) is 0 Å². The number of ether oxygens (including phenoxy) is 1. The van der Waals surface area contributed by atoms with Crippen LogP contribution in [0.3, 0.4) is 0 Å². The SMILES string of the molecule is O=C(OCC1CC2CCC(C2)C1O)C(F)(F)S(=O)(=O)O. The number of fused-ring (bicyclic) bond motifs is 2. The van der Waals surface area contributed by atoms with Gasteiger partial charge in [0.15, 0.2) is 0 Å². The molecule has 4 unspecified atom stereocenters. The van der Waals surface area contributed by atoms with Crippen LogP contribution in [-0.2, 0) is 19.6 Å². The standard InChI is InChI=1S/C11H16F2O6S/c12-11(13,20(16,17)18)10(15)19-5-8-4-6-1-2-7(3-6)9(8)14/h6-9,14H,1-5H2,(H,16,17,18). The van der Waals surface area contributed by atoms with Crippen molar-refractivity contribution < 1.29 is 36.4 Å². The van der Waals surface area contributed by atoms with Gasteiger partial charge >= 0.3 is 21.3 Å². The third kappa shape index (κ3) is 2.79. The molecule has 0 aromatic heterocycles. The molecule has 116 valence electrons. The molecule has 0 aromatic rings. The second-order valence-electron chi connectivity index (χ2n) is 5.52. The van der Waals surface area contributed by atoms with E-state index in [1.165, 1.54) is 0 Å². The van der Waals surface area contributed by atoms with Gasteiger partial charge in [0.25, 0.3) is 0 Å². The summed E-state index contributed by atoms with van der Waals surface area (Å²) in [5.74, 6) is -2.32. The van der Waals surface area contributed by atoms with E-state index < -0.39 is 40.0 Å². The molecule has 4 atom stereocenters. The van der Waals surface area contributed by atoms with Gasteiger partial charge in [0.1, 0.15) is 0 Å². The lowest BCUT2D eigenvalue weighted by Crippen LogP contribution is -2.41. The second kappa shape index (κ2) is 5.19. The molecule has 2 aliphatic rings. The van der Waals surface area contributed by atoms with Gasteiger partial charge in [-0.3, -0.25) is 4.55 Å². The van der Waals surface area contributed by atoms with Crippen LogP contribution in [0.25, 0.3) is 0 Å². The number of esters is 1. The summed E-state index contributed by atoms with van der Waals surface area (Å²) >= 11 is 0. The summed E-state index contributed by atoms with van der Waals surface area (Å²) < 4.78 is 59.2. The highest BCUT2D eigenvalue weighted by molar-refractivity contribution is 7.87. The first-order chi connectivity index (χ1) is 9.13. The Hall–Kier alpha value is -0.800. The number of carbonyl (C=O) groups excluding carboxylic acids is 1. The molecule has 0 radical (unpaired) electrons. The predicted octanol–water partition coefficient (Wildman–Crippen LogP) is 0.807. The molecule has 0 heterocycles. The summed E-state index contributed by atoms with van der Waals surface area (Å²) in [5, 5.41) is 5.00. The lowest BCUT2D eigenvalue weighted by molar-refractivity contribution is -0.165. The molecule has 2 aliphatic carbocycles. The van der Waals surface area contributed by atoms with Crippen molar-refractivity contribution in [2.24, 2.45) is 17.8 Å². The highest BCUT2D eigenvalue weighted by Crippen LogP contribution is 2.44. The zero-order valence-corrected chi connectivity index (χ0v) is 11.4. The molecule has 2 rings (SSSR count). The first kappa shape index (κ1) is 15.6. The smallest absolute Gasteiger partial charge is 0.460 e. The Morgan fingerprint density at radius 2 is 1.95 bits per heavy atom. The van der Waals surface area contributed by atoms with Crippen molar-refractivity contribution in [3.8, 4) is 0 Å². The van der Waals surface area contributed by atoms with E-state index in [-0.39, 0.29) is 5.92 Å². The lowest BCUT2D eigenvalue weighted by Gasteiger charge is -2.32. The largest absolute Gasteiger partial charge is 0.465 e. The van der Waals surface area contributed by atoms with E-state index in [0.717, 1.165) is 19.3 Å². The topological polar surface area (TPSA) is 101 Å². The van der Waals surface area contributed by atoms with Gasteiger partial charge < -0.3 is 9.84 Å². The zero-order chi connectivity index (χ0) is 15.1. The minimum absolute atomic E-state index is 0.0829. The molecule has 2 N–H and O–H groups in total. The maximum Gasteiger partial charge on any atom is 0.465 e. The Labute approximate surface area is 114 Å². The van der Waals surface area contributed by atoms with Crippen LogP contribution < -0.4 is 0 Å². The second-order valence-corrected chi connectivity index (χ2v) is 6.98. The number of aliphatic hydroxyl groups excluding tert-OH is 1. The maximum absolute atomic E-state index is 13.0. The number of aliphatic hydroxyl groups is 1. The number of rotatable bonds is 4. The summed E-state index contributed by atoms with van der Waals surface area (Å²) in [4.78, 5) is 11.0. The number of alkyl halides is 2. The molecule has 2 saturated carbocycles. The average Bonchev–Trinajstić information content (AvgIpc) is 2.74. The maximum atomic E-state index is 13.0. The fraction of sp³-hybridized carbons (Fsp3) is 0.909. The van der Waals surface area contributed by atoms with Gasteiger partial charge in [-0.1, -0.05) is 6.42 Å². The van der Waals surface area contributed by atoms with Crippen LogP contribution in [-0.4, -0.2) is 42.0 Å². The molecule has 20 heavy (non-hydrogen) atoms. The van der Waals surface area contributed by atoms with E-state index in [4.69, 9.17) is 4.55 Å². The molecule has 9 heteroatoms. The first-order valence-corrected chi connectivity index (χ1v) is 7.77. The third-order valence-corrected chi connectivity index (χ3v) is 4.99. The van der Waals surface area contributed by atoms with E-state index in [1.807, 2.05) is 0 Å². The summed E-state index contributed by atoms with van der Waals surface area (Å²) in [6, 6.07) is 0. The number of halogens is 2. The van der Waals surface area contributed by atoms with Crippen molar-refractivity contribution in [2.75, 3.05) is 6.61 Å². The number of hydrogen-bond donors (Lipinski definition) is 2. The summed E-state index contributed by atoms with van der Waals surface area (Å²) in [5.41, 5.74) is 0. The fourth-order valence-electron chi connectivity index (χ4n) is 3.13. The molecule has 0 amide bonds. The van der Waals surface area contributed by atoms with Gasteiger partial charge in [-0.05, 0) is 31.1 Å². The highest BCUT2D eigenvalue weighted by Gasteiger charge is 2.54. The van der Waals surface area contributed by atoms with Gasteiger partial charge in [0, 0.05) is 5.92 Å². The fourth-order valence-corrected chi connectivity index (χ4v) is 3.40. The lowest BCUT2D eigenvalue weighted by atomic mass is 9.79. The van der Waals surface area contributed by atoms with Crippen molar-refractivity contribution in [1.82, 2.24) is 0 Å². The Morgan fingerprint density at radius 1 is 1.30 bits per heavy atom. The highest BCUT2D eigenvalue weighted by atomic mass is 32.2. The van der Waals surface area contributed by atoms with E-state index in [0.29, 0.717) is 12.3 Å². The van der Waals surface area contributed by atoms with Gasteiger partial charge in [-0.2, -0.15) is 17.2 Å². The summed E-state index contributed by atoms with van der Waals surface area (Å²) in [7, 11) is -5.85. The van der Waals surface area contributed by atoms with Crippen LogP contribution in [0.1, 0.15) is 25.7 Å². The van der Waals surface area contributed by atoms with Crippen LogP contribution in [0.2, 0.25) is 0 Å². The third-order valence-electron chi connectivity index (χ3n) is 4.17. The van der Waals surface area contributed by atoms with Gasteiger partial charge in [0.2, 0.25) is 0 Å². The monoisotopic (exact) mass is 314 g/mol. The van der Waals surface area contributed by atoms with E-state index in [1.54, 1.807) is 0 Å². The summed E-state index contributed by atoms with van der Waals surface area (Å²) in [6.07, 6.45) is 2.51.